The van der Waals surface area contributed by atoms with Crippen molar-refractivity contribution in [1.29, 1.82) is 0 Å². The van der Waals surface area contributed by atoms with Gasteiger partial charge in [0.1, 0.15) is 0 Å². The lowest BCUT2D eigenvalue weighted by Crippen LogP contribution is -2.16. The summed E-state index contributed by atoms with van der Waals surface area (Å²) in [7, 11) is 2.86. The molecule has 31 heavy (non-hydrogen) atoms. The van der Waals surface area contributed by atoms with Crippen molar-refractivity contribution in [2.75, 3.05) is 14.2 Å². The monoisotopic (exact) mass is 458 g/mol. The fraction of sp³-hybridized carbons (Fsp3) is 0.167. The predicted molar refractivity (Wildman–Crippen MR) is 120 cm³/mol. The van der Waals surface area contributed by atoms with E-state index in [1.807, 2.05) is 30.3 Å². The third-order valence-corrected chi connectivity index (χ3v) is 5.28. The minimum Gasteiger partial charge on any atom is -0.493 e. The fourth-order valence-corrected chi connectivity index (χ4v) is 3.78. The molecule has 0 heterocycles. The van der Waals surface area contributed by atoms with Crippen LogP contribution in [0.2, 0.25) is 10.0 Å². The quantitative estimate of drug-likeness (QED) is 0.258. The second kappa shape index (κ2) is 9.86. The van der Waals surface area contributed by atoms with Crippen LogP contribution in [-0.4, -0.2) is 26.0 Å². The Morgan fingerprint density at radius 2 is 1.48 bits per heavy atom. The van der Waals surface area contributed by atoms with Gasteiger partial charge >= 0.3 is 5.97 Å². The highest BCUT2D eigenvalue weighted by Gasteiger charge is 2.29. The van der Waals surface area contributed by atoms with Gasteiger partial charge in [0.25, 0.3) is 0 Å². The van der Waals surface area contributed by atoms with Crippen molar-refractivity contribution >= 4 is 35.0 Å². The minimum atomic E-state index is -0.559. The molecule has 7 heteroatoms. The summed E-state index contributed by atoms with van der Waals surface area (Å²) in [5, 5.41) is 0.376. The van der Waals surface area contributed by atoms with Gasteiger partial charge in [-0.2, -0.15) is 0 Å². The van der Waals surface area contributed by atoms with Gasteiger partial charge in [-0.05, 0) is 36.2 Å². The first-order valence-electron chi connectivity index (χ1n) is 9.36. The lowest BCUT2D eigenvalue weighted by molar-refractivity contribution is -0.133. The molecule has 0 aliphatic rings. The normalized spacial score (nSPS) is 10.5. The Hall–Kier alpha value is -3.02. The number of rotatable bonds is 7. The third kappa shape index (κ3) is 4.84. The largest absolute Gasteiger partial charge is 0.493 e. The summed E-state index contributed by atoms with van der Waals surface area (Å²) in [6.45, 7) is 1.70. The molecule has 0 saturated heterocycles. The summed E-state index contributed by atoms with van der Waals surface area (Å²) in [4.78, 5) is 26.2. The molecule has 3 aromatic rings. The molecule has 0 spiro atoms. The molecule has 0 aliphatic carbocycles. The number of esters is 1. The molecule has 3 rings (SSSR count). The number of hydrogen-bond donors (Lipinski definition) is 0. The number of aryl methyl sites for hydroxylation is 1. The van der Waals surface area contributed by atoms with E-state index in [1.165, 1.54) is 14.2 Å². The molecule has 0 bridgehead atoms. The molecule has 3 aromatic carbocycles. The van der Waals surface area contributed by atoms with Crippen molar-refractivity contribution in [2.24, 2.45) is 0 Å². The Morgan fingerprint density at radius 3 is 2.06 bits per heavy atom. The number of hydrogen-bond acceptors (Lipinski definition) is 5. The van der Waals surface area contributed by atoms with Gasteiger partial charge in [0, 0.05) is 0 Å². The zero-order chi connectivity index (χ0) is 22.5. The smallest absolute Gasteiger partial charge is 0.315 e. The Kier molecular flexibility index (Phi) is 7.21. The Bertz CT molecular complexity index is 1110. The molecule has 0 N–H and O–H groups in total. The average molecular weight is 459 g/mol. The van der Waals surface area contributed by atoms with Crippen LogP contribution >= 0.6 is 23.2 Å². The Balaban J connectivity index is 2.12. The first-order valence-corrected chi connectivity index (χ1v) is 10.1. The molecular formula is C24H20Cl2O5. The highest BCUT2D eigenvalue weighted by Crippen LogP contribution is 2.44. The van der Waals surface area contributed by atoms with Crippen LogP contribution in [0.3, 0.4) is 0 Å². The van der Waals surface area contributed by atoms with Crippen LogP contribution in [0.5, 0.6) is 17.2 Å². The Morgan fingerprint density at radius 1 is 0.839 bits per heavy atom. The lowest BCUT2D eigenvalue weighted by Gasteiger charge is -2.19. The van der Waals surface area contributed by atoms with E-state index in [0.29, 0.717) is 11.3 Å². The molecule has 0 amide bonds. The van der Waals surface area contributed by atoms with Crippen molar-refractivity contribution in [3.63, 3.8) is 0 Å². The van der Waals surface area contributed by atoms with Gasteiger partial charge in [-0.25, -0.2) is 0 Å². The second-order valence-corrected chi connectivity index (χ2v) is 7.51. The van der Waals surface area contributed by atoms with Crippen LogP contribution in [0.1, 0.15) is 27.0 Å². The van der Waals surface area contributed by atoms with Crippen molar-refractivity contribution in [1.82, 2.24) is 0 Å². The Labute approximate surface area is 190 Å². The summed E-state index contributed by atoms with van der Waals surface area (Å²) < 4.78 is 16.5. The number of ether oxygens (including phenoxy) is 3. The maximum absolute atomic E-state index is 13.5. The van der Waals surface area contributed by atoms with E-state index < -0.39 is 11.8 Å². The predicted octanol–water partition coefficient (Wildman–Crippen LogP) is 5.70. The maximum atomic E-state index is 13.5. The van der Waals surface area contributed by atoms with Crippen LogP contribution in [0.4, 0.5) is 0 Å². The number of ketones is 1. The standard InChI is InChI=1S/C24H20Cl2O5/c1-14-12-18(29-2)23(30-3)24(31-19(27)13-15-8-5-4-6-9-15)20(14)22(28)21-16(25)10-7-11-17(21)26/h4-12H,13H2,1-3H3. The van der Waals surface area contributed by atoms with Crippen molar-refractivity contribution in [3.05, 3.63) is 86.9 Å². The van der Waals surface area contributed by atoms with E-state index in [2.05, 4.69) is 0 Å². The van der Waals surface area contributed by atoms with E-state index in [1.54, 1.807) is 31.2 Å². The van der Waals surface area contributed by atoms with Crippen LogP contribution in [0, 0.1) is 6.92 Å². The van der Waals surface area contributed by atoms with E-state index in [-0.39, 0.29) is 39.1 Å². The van der Waals surface area contributed by atoms with Gasteiger partial charge in [-0.3, -0.25) is 9.59 Å². The zero-order valence-corrected chi connectivity index (χ0v) is 18.7. The topological polar surface area (TPSA) is 61.8 Å². The summed E-state index contributed by atoms with van der Waals surface area (Å²) in [5.41, 5.74) is 1.52. The molecule has 0 unspecified atom stereocenters. The summed E-state index contributed by atoms with van der Waals surface area (Å²) in [5.74, 6) is -0.639. The molecule has 5 nitrogen and oxygen atoms in total. The highest BCUT2D eigenvalue weighted by atomic mass is 35.5. The van der Waals surface area contributed by atoms with Gasteiger partial charge in [0.15, 0.2) is 17.3 Å². The zero-order valence-electron chi connectivity index (χ0n) is 17.2. The van der Waals surface area contributed by atoms with E-state index in [9.17, 15) is 9.59 Å². The SMILES string of the molecule is COc1cc(C)c(C(=O)c2c(Cl)cccc2Cl)c(OC(=O)Cc2ccccc2)c1OC. The van der Waals surface area contributed by atoms with Crippen LogP contribution < -0.4 is 14.2 Å². The fourth-order valence-electron chi connectivity index (χ4n) is 3.22. The van der Waals surface area contributed by atoms with Gasteiger partial charge in [-0.1, -0.05) is 59.6 Å². The van der Waals surface area contributed by atoms with Gasteiger partial charge < -0.3 is 14.2 Å². The third-order valence-electron chi connectivity index (χ3n) is 4.65. The molecule has 0 aliphatic heterocycles. The molecule has 0 aromatic heterocycles. The summed E-state index contributed by atoms with van der Waals surface area (Å²) >= 11 is 12.5. The molecule has 0 atom stereocenters. The number of carbonyl (C=O) groups is 2. The summed E-state index contributed by atoms with van der Waals surface area (Å²) in [6, 6.07) is 15.5. The van der Waals surface area contributed by atoms with Crippen LogP contribution in [-0.2, 0) is 11.2 Å². The molecule has 0 fully saturated rings. The number of carbonyl (C=O) groups excluding carboxylic acids is 2. The van der Waals surface area contributed by atoms with Crippen molar-refractivity contribution < 1.29 is 23.8 Å². The second-order valence-electron chi connectivity index (χ2n) is 6.70. The molecular weight excluding hydrogens is 439 g/mol. The van der Waals surface area contributed by atoms with Gasteiger partial charge in [0.2, 0.25) is 5.75 Å². The lowest BCUT2D eigenvalue weighted by atomic mass is 9.96. The van der Waals surface area contributed by atoms with E-state index in [0.717, 1.165) is 5.56 Å². The van der Waals surface area contributed by atoms with Crippen LogP contribution in [0.15, 0.2) is 54.6 Å². The van der Waals surface area contributed by atoms with Gasteiger partial charge in [-0.15, -0.1) is 0 Å². The average Bonchev–Trinajstić information content (AvgIpc) is 2.73. The van der Waals surface area contributed by atoms with E-state index in [4.69, 9.17) is 37.4 Å². The van der Waals surface area contributed by atoms with Gasteiger partial charge in [0.05, 0.1) is 41.8 Å². The van der Waals surface area contributed by atoms with Crippen LogP contribution in [0.25, 0.3) is 0 Å². The van der Waals surface area contributed by atoms with E-state index >= 15 is 0 Å². The number of halogens is 2. The van der Waals surface area contributed by atoms with Crippen molar-refractivity contribution in [3.8, 4) is 17.2 Å². The minimum absolute atomic E-state index is 0.0146. The number of benzene rings is 3. The first kappa shape index (κ1) is 22.7. The molecule has 0 radical (unpaired) electrons. The van der Waals surface area contributed by atoms with Crippen molar-refractivity contribution in [2.45, 2.75) is 13.3 Å². The first-order chi connectivity index (χ1) is 14.9. The highest BCUT2D eigenvalue weighted by molar-refractivity contribution is 6.41. The maximum Gasteiger partial charge on any atom is 0.315 e. The summed E-state index contributed by atoms with van der Waals surface area (Å²) in [6.07, 6.45) is 0.0146. The molecule has 160 valence electrons. The number of methoxy groups -OCH3 is 2. The molecule has 0 saturated carbocycles.